The number of anilines is 1. The van der Waals surface area contributed by atoms with Gasteiger partial charge in [-0.1, -0.05) is 6.07 Å². The van der Waals surface area contributed by atoms with Crippen molar-refractivity contribution >= 4 is 5.69 Å². The van der Waals surface area contributed by atoms with Crippen LogP contribution in [0.4, 0.5) is 10.1 Å². The molecule has 4 heteroatoms. The van der Waals surface area contributed by atoms with E-state index in [0.29, 0.717) is 17.8 Å². The van der Waals surface area contributed by atoms with E-state index in [-0.39, 0.29) is 0 Å². The minimum Gasteiger partial charge on any atom is -0.467 e. The van der Waals surface area contributed by atoms with E-state index in [1.807, 2.05) is 24.1 Å². The molecule has 96 valence electrons. The molecule has 3 nitrogen and oxygen atoms in total. The minimum atomic E-state index is -0.847. The zero-order valence-corrected chi connectivity index (χ0v) is 10.4. The van der Waals surface area contributed by atoms with Crippen molar-refractivity contribution in [3.8, 4) is 0 Å². The van der Waals surface area contributed by atoms with Crippen molar-refractivity contribution < 1.29 is 13.9 Å². The third-order valence-corrected chi connectivity index (χ3v) is 2.83. The topological polar surface area (TPSA) is 36.6 Å². The van der Waals surface area contributed by atoms with Crippen molar-refractivity contribution in [1.82, 2.24) is 0 Å². The Morgan fingerprint density at radius 3 is 2.72 bits per heavy atom. The Bertz CT molecular complexity index is 509. The Hall–Kier alpha value is -1.81. The van der Waals surface area contributed by atoms with Gasteiger partial charge in [-0.3, -0.25) is 0 Å². The van der Waals surface area contributed by atoms with E-state index in [1.165, 1.54) is 6.07 Å². The predicted octanol–water partition coefficient (Wildman–Crippen LogP) is 3.11. The van der Waals surface area contributed by atoms with Crippen LogP contribution in [0.1, 0.15) is 24.4 Å². The fourth-order valence-electron chi connectivity index (χ4n) is 1.99. The lowest BCUT2D eigenvalue weighted by atomic mass is 10.1. The van der Waals surface area contributed by atoms with Crippen molar-refractivity contribution in [3.63, 3.8) is 0 Å². The van der Waals surface area contributed by atoms with Crippen molar-refractivity contribution in [2.45, 2.75) is 19.6 Å². The lowest BCUT2D eigenvalue weighted by molar-refractivity contribution is 0.194. The highest BCUT2D eigenvalue weighted by molar-refractivity contribution is 5.54. The second-order valence-corrected chi connectivity index (χ2v) is 4.28. The van der Waals surface area contributed by atoms with Gasteiger partial charge in [-0.05, 0) is 31.2 Å². The van der Waals surface area contributed by atoms with Gasteiger partial charge in [0.05, 0.1) is 18.9 Å². The smallest absolute Gasteiger partial charge is 0.131 e. The van der Waals surface area contributed by atoms with Gasteiger partial charge in [0.1, 0.15) is 11.6 Å². The molecule has 18 heavy (non-hydrogen) atoms. The largest absolute Gasteiger partial charge is 0.467 e. The number of hydrogen-bond acceptors (Lipinski definition) is 3. The first kappa shape index (κ1) is 12.6. The van der Waals surface area contributed by atoms with Gasteiger partial charge in [-0.25, -0.2) is 4.39 Å². The Labute approximate surface area is 105 Å². The molecule has 0 aliphatic rings. The number of nitrogens with zero attached hydrogens (tertiary/aromatic N) is 1. The van der Waals surface area contributed by atoms with E-state index >= 15 is 0 Å². The Balaban J connectivity index is 2.29. The van der Waals surface area contributed by atoms with Gasteiger partial charge in [-0.15, -0.1) is 0 Å². The molecule has 0 amide bonds. The second-order valence-electron chi connectivity index (χ2n) is 4.28. The van der Waals surface area contributed by atoms with Crippen LogP contribution in [0.15, 0.2) is 41.0 Å². The molecule has 0 spiro atoms. The molecule has 1 aromatic carbocycles. The molecule has 0 bridgehead atoms. The van der Waals surface area contributed by atoms with E-state index in [1.54, 1.807) is 25.3 Å². The Morgan fingerprint density at radius 1 is 1.33 bits per heavy atom. The van der Waals surface area contributed by atoms with Crippen LogP contribution in [0.3, 0.4) is 0 Å². The maximum atomic E-state index is 13.7. The Kier molecular flexibility index (Phi) is 3.67. The van der Waals surface area contributed by atoms with Gasteiger partial charge in [0, 0.05) is 18.3 Å². The average molecular weight is 249 g/mol. The van der Waals surface area contributed by atoms with Crippen LogP contribution >= 0.6 is 0 Å². The quantitative estimate of drug-likeness (QED) is 0.904. The first-order valence-corrected chi connectivity index (χ1v) is 5.79. The number of aliphatic hydroxyl groups excluding tert-OH is 1. The van der Waals surface area contributed by atoms with Gasteiger partial charge >= 0.3 is 0 Å². The molecule has 1 atom stereocenters. The molecule has 0 aliphatic carbocycles. The van der Waals surface area contributed by atoms with E-state index < -0.39 is 11.9 Å². The maximum absolute atomic E-state index is 13.7. The molecule has 0 saturated carbocycles. The van der Waals surface area contributed by atoms with Crippen LogP contribution in [0, 0.1) is 5.82 Å². The summed E-state index contributed by atoms with van der Waals surface area (Å²) < 4.78 is 19.0. The zero-order valence-electron chi connectivity index (χ0n) is 10.4. The van der Waals surface area contributed by atoms with Gasteiger partial charge in [0.2, 0.25) is 0 Å². The number of furan rings is 1. The third-order valence-electron chi connectivity index (χ3n) is 2.83. The molecule has 0 aliphatic heterocycles. The van der Waals surface area contributed by atoms with Gasteiger partial charge in [-0.2, -0.15) is 0 Å². The minimum absolute atomic E-state index is 0.312. The van der Waals surface area contributed by atoms with Crippen molar-refractivity contribution in [2.24, 2.45) is 0 Å². The highest BCUT2D eigenvalue weighted by atomic mass is 19.1. The summed E-state index contributed by atoms with van der Waals surface area (Å²) in [4.78, 5) is 1.85. The maximum Gasteiger partial charge on any atom is 0.131 e. The molecule has 1 N–H and O–H groups in total. The monoisotopic (exact) mass is 249 g/mol. The molecular formula is C14H16FNO2. The number of halogens is 1. The van der Waals surface area contributed by atoms with Crippen molar-refractivity contribution in [2.75, 3.05) is 11.9 Å². The molecule has 0 radical (unpaired) electrons. The summed E-state index contributed by atoms with van der Waals surface area (Å²) in [5.74, 6) is 0.395. The average Bonchev–Trinajstić information content (AvgIpc) is 2.80. The SMILES string of the molecule is C[C@@H](O)c1c(F)cccc1N(C)Cc1ccco1. The summed E-state index contributed by atoms with van der Waals surface area (Å²) in [6.07, 6.45) is 0.755. The first-order chi connectivity index (χ1) is 8.59. The molecule has 0 saturated heterocycles. The first-order valence-electron chi connectivity index (χ1n) is 5.79. The zero-order chi connectivity index (χ0) is 13.1. The van der Waals surface area contributed by atoms with Crippen LogP contribution in [0.25, 0.3) is 0 Å². The lowest BCUT2D eigenvalue weighted by Gasteiger charge is -2.23. The van der Waals surface area contributed by atoms with Gasteiger partial charge in [0.25, 0.3) is 0 Å². The van der Waals surface area contributed by atoms with Gasteiger partial charge < -0.3 is 14.4 Å². The number of benzene rings is 1. The normalized spacial score (nSPS) is 12.4. The van der Waals surface area contributed by atoms with Gasteiger partial charge in [0.15, 0.2) is 0 Å². The highest BCUT2D eigenvalue weighted by Gasteiger charge is 2.16. The summed E-state index contributed by atoms with van der Waals surface area (Å²) >= 11 is 0. The fourth-order valence-corrected chi connectivity index (χ4v) is 1.99. The summed E-state index contributed by atoms with van der Waals surface area (Å²) in [5, 5.41) is 9.67. The number of rotatable bonds is 4. The van der Waals surface area contributed by atoms with E-state index in [0.717, 1.165) is 5.76 Å². The van der Waals surface area contributed by atoms with Crippen LogP contribution in [-0.2, 0) is 6.54 Å². The summed E-state index contributed by atoms with van der Waals surface area (Å²) in [6.45, 7) is 2.08. The summed E-state index contributed by atoms with van der Waals surface area (Å²) in [7, 11) is 1.84. The second kappa shape index (κ2) is 5.23. The molecular weight excluding hydrogens is 233 g/mol. The highest BCUT2D eigenvalue weighted by Crippen LogP contribution is 2.29. The molecule has 0 unspecified atom stereocenters. The molecule has 2 aromatic rings. The van der Waals surface area contributed by atoms with Crippen LogP contribution < -0.4 is 4.90 Å². The van der Waals surface area contributed by atoms with E-state index in [9.17, 15) is 9.50 Å². The fraction of sp³-hybridized carbons (Fsp3) is 0.286. The predicted molar refractivity (Wildman–Crippen MR) is 67.8 cm³/mol. The van der Waals surface area contributed by atoms with Crippen LogP contribution in [0.2, 0.25) is 0 Å². The molecule has 2 rings (SSSR count). The molecule has 1 aromatic heterocycles. The standard InChI is InChI=1S/C14H16FNO2/c1-10(17)14-12(15)6-3-7-13(14)16(2)9-11-5-4-8-18-11/h3-8,10,17H,9H2,1-2H3/t10-/m1/s1. The summed E-state index contributed by atoms with van der Waals surface area (Å²) in [5.41, 5.74) is 0.980. The third kappa shape index (κ3) is 2.54. The van der Waals surface area contributed by atoms with Crippen LogP contribution in [-0.4, -0.2) is 12.2 Å². The number of aliphatic hydroxyl groups is 1. The number of hydrogen-bond donors (Lipinski definition) is 1. The van der Waals surface area contributed by atoms with E-state index in [4.69, 9.17) is 4.42 Å². The summed E-state index contributed by atoms with van der Waals surface area (Å²) in [6, 6.07) is 8.44. The molecule has 1 heterocycles. The van der Waals surface area contributed by atoms with Crippen molar-refractivity contribution in [1.29, 1.82) is 0 Å². The lowest BCUT2D eigenvalue weighted by Crippen LogP contribution is -2.19. The van der Waals surface area contributed by atoms with Crippen molar-refractivity contribution in [3.05, 3.63) is 53.7 Å². The Morgan fingerprint density at radius 2 is 2.11 bits per heavy atom. The van der Waals surface area contributed by atoms with Crippen LogP contribution in [0.5, 0.6) is 0 Å². The van der Waals surface area contributed by atoms with E-state index in [2.05, 4.69) is 0 Å². The molecule has 0 fully saturated rings.